The van der Waals surface area contributed by atoms with Crippen molar-refractivity contribution >= 4 is 0 Å². The maximum absolute atomic E-state index is 5.68. The molecule has 1 aromatic rings. The fourth-order valence-electron chi connectivity index (χ4n) is 3.51. The summed E-state index contributed by atoms with van der Waals surface area (Å²) in [6.07, 6.45) is 7.44. The maximum atomic E-state index is 5.68. The van der Waals surface area contributed by atoms with Crippen LogP contribution in [0.2, 0.25) is 0 Å². The molecule has 0 radical (unpaired) electrons. The first-order chi connectivity index (χ1) is 10.3. The molecule has 2 unspecified atom stereocenters. The molecule has 0 aliphatic heterocycles. The highest BCUT2D eigenvalue weighted by atomic mass is 16.5. The van der Waals surface area contributed by atoms with Crippen molar-refractivity contribution in [3.8, 4) is 0 Å². The van der Waals surface area contributed by atoms with Gasteiger partial charge in [-0.25, -0.2) is 0 Å². The summed E-state index contributed by atoms with van der Waals surface area (Å²) in [5.41, 5.74) is 3.17. The predicted molar refractivity (Wildman–Crippen MR) is 89.9 cm³/mol. The van der Waals surface area contributed by atoms with Crippen LogP contribution in [0.5, 0.6) is 0 Å². The first-order valence-electron chi connectivity index (χ1n) is 8.74. The number of aryl methyl sites for hydroxylation is 1. The van der Waals surface area contributed by atoms with Gasteiger partial charge in [-0.05, 0) is 62.1 Å². The second-order valence-electron chi connectivity index (χ2n) is 6.18. The Bertz CT molecular complexity index is 404. The molecule has 2 heteroatoms. The van der Waals surface area contributed by atoms with Crippen molar-refractivity contribution < 1.29 is 4.74 Å². The molecule has 1 aliphatic rings. The van der Waals surface area contributed by atoms with Gasteiger partial charge in [-0.2, -0.15) is 0 Å². The van der Waals surface area contributed by atoms with Crippen molar-refractivity contribution in [2.45, 2.75) is 64.3 Å². The van der Waals surface area contributed by atoms with E-state index in [1.54, 1.807) is 11.1 Å². The van der Waals surface area contributed by atoms with E-state index in [9.17, 15) is 0 Å². The SMILES string of the molecule is CCCOCCC(CC1CCCc2ccccc21)NCC. The first-order valence-corrected chi connectivity index (χ1v) is 8.74. The van der Waals surface area contributed by atoms with Crippen molar-refractivity contribution in [2.24, 2.45) is 0 Å². The average molecular weight is 289 g/mol. The molecular weight excluding hydrogens is 258 g/mol. The van der Waals surface area contributed by atoms with Crippen LogP contribution in [0.3, 0.4) is 0 Å². The zero-order valence-corrected chi connectivity index (χ0v) is 13.7. The first kappa shape index (κ1) is 16.5. The Morgan fingerprint density at radius 3 is 2.90 bits per heavy atom. The number of benzene rings is 1. The molecule has 0 heterocycles. The minimum atomic E-state index is 0.586. The standard InChI is InChI=1S/C19H31NO/c1-3-13-21-14-12-18(20-4-2)15-17-10-7-9-16-8-5-6-11-19(16)17/h5-6,8,11,17-18,20H,3-4,7,9-10,12-15H2,1-2H3. The average Bonchev–Trinajstić information content (AvgIpc) is 2.52. The summed E-state index contributed by atoms with van der Waals surface area (Å²) in [6.45, 7) is 7.20. The van der Waals surface area contributed by atoms with E-state index in [2.05, 4.69) is 43.4 Å². The summed E-state index contributed by atoms with van der Waals surface area (Å²) in [6, 6.07) is 9.62. The smallest absolute Gasteiger partial charge is 0.0480 e. The summed E-state index contributed by atoms with van der Waals surface area (Å²) in [5.74, 6) is 0.727. The summed E-state index contributed by atoms with van der Waals surface area (Å²) >= 11 is 0. The van der Waals surface area contributed by atoms with E-state index in [0.29, 0.717) is 6.04 Å². The Morgan fingerprint density at radius 1 is 1.24 bits per heavy atom. The van der Waals surface area contributed by atoms with Crippen LogP contribution in [0.15, 0.2) is 24.3 Å². The molecule has 2 nitrogen and oxygen atoms in total. The molecule has 1 aliphatic carbocycles. The minimum absolute atomic E-state index is 0.586. The molecule has 21 heavy (non-hydrogen) atoms. The summed E-state index contributed by atoms with van der Waals surface area (Å²) in [5, 5.41) is 3.66. The molecule has 2 atom stereocenters. The number of rotatable bonds is 9. The van der Waals surface area contributed by atoms with E-state index >= 15 is 0 Å². The van der Waals surface area contributed by atoms with E-state index < -0.39 is 0 Å². The predicted octanol–water partition coefficient (Wildman–Crippen LogP) is 4.29. The number of nitrogens with one attached hydrogen (secondary N) is 1. The highest BCUT2D eigenvalue weighted by Gasteiger charge is 2.22. The Kier molecular flexibility index (Phi) is 7.25. The molecule has 118 valence electrons. The Morgan fingerprint density at radius 2 is 2.10 bits per heavy atom. The van der Waals surface area contributed by atoms with Crippen molar-refractivity contribution in [1.29, 1.82) is 0 Å². The van der Waals surface area contributed by atoms with Gasteiger partial charge in [0.25, 0.3) is 0 Å². The Hall–Kier alpha value is -0.860. The van der Waals surface area contributed by atoms with Gasteiger partial charge in [0.05, 0.1) is 0 Å². The van der Waals surface area contributed by atoms with Gasteiger partial charge in [-0.3, -0.25) is 0 Å². The fourth-order valence-corrected chi connectivity index (χ4v) is 3.51. The third-order valence-corrected chi connectivity index (χ3v) is 4.51. The molecule has 0 saturated carbocycles. The molecule has 1 aromatic carbocycles. The van der Waals surface area contributed by atoms with Crippen molar-refractivity contribution in [1.82, 2.24) is 5.32 Å². The van der Waals surface area contributed by atoms with Crippen LogP contribution < -0.4 is 5.32 Å². The van der Waals surface area contributed by atoms with Crippen molar-refractivity contribution in [3.05, 3.63) is 35.4 Å². The van der Waals surface area contributed by atoms with E-state index in [1.165, 1.54) is 25.7 Å². The Balaban J connectivity index is 1.91. The van der Waals surface area contributed by atoms with Gasteiger partial charge < -0.3 is 10.1 Å². The second-order valence-corrected chi connectivity index (χ2v) is 6.18. The number of hydrogen-bond acceptors (Lipinski definition) is 2. The van der Waals surface area contributed by atoms with Crippen LogP contribution in [0.4, 0.5) is 0 Å². The lowest BCUT2D eigenvalue weighted by atomic mass is 9.79. The molecule has 1 N–H and O–H groups in total. The van der Waals surface area contributed by atoms with Gasteiger partial charge in [0.15, 0.2) is 0 Å². The largest absolute Gasteiger partial charge is 0.381 e. The number of hydrogen-bond donors (Lipinski definition) is 1. The molecule has 0 saturated heterocycles. The molecule has 0 aromatic heterocycles. The minimum Gasteiger partial charge on any atom is -0.381 e. The lowest BCUT2D eigenvalue weighted by Crippen LogP contribution is -2.32. The monoisotopic (exact) mass is 289 g/mol. The lowest BCUT2D eigenvalue weighted by Gasteiger charge is -2.29. The molecule has 0 amide bonds. The zero-order valence-electron chi connectivity index (χ0n) is 13.7. The summed E-state index contributed by atoms with van der Waals surface area (Å²) in [4.78, 5) is 0. The molecule has 0 bridgehead atoms. The van der Waals surface area contributed by atoms with E-state index in [4.69, 9.17) is 4.74 Å². The van der Waals surface area contributed by atoms with Gasteiger partial charge >= 0.3 is 0 Å². The summed E-state index contributed by atoms with van der Waals surface area (Å²) < 4.78 is 5.68. The van der Waals surface area contributed by atoms with Crippen LogP contribution in [-0.4, -0.2) is 25.8 Å². The van der Waals surface area contributed by atoms with Gasteiger partial charge in [-0.1, -0.05) is 38.1 Å². The zero-order chi connectivity index (χ0) is 14.9. The third kappa shape index (κ3) is 5.12. The van der Waals surface area contributed by atoms with E-state index in [0.717, 1.165) is 38.5 Å². The molecule has 2 rings (SSSR count). The second kappa shape index (κ2) is 9.22. The quantitative estimate of drug-likeness (QED) is 0.685. The van der Waals surface area contributed by atoms with Crippen LogP contribution in [0.1, 0.15) is 63.0 Å². The lowest BCUT2D eigenvalue weighted by molar-refractivity contribution is 0.122. The fraction of sp³-hybridized carbons (Fsp3) is 0.684. The van der Waals surface area contributed by atoms with E-state index in [1.807, 2.05) is 0 Å². The highest BCUT2D eigenvalue weighted by Crippen LogP contribution is 2.34. The maximum Gasteiger partial charge on any atom is 0.0480 e. The topological polar surface area (TPSA) is 21.3 Å². The van der Waals surface area contributed by atoms with Crippen molar-refractivity contribution in [3.63, 3.8) is 0 Å². The summed E-state index contributed by atoms with van der Waals surface area (Å²) in [7, 11) is 0. The van der Waals surface area contributed by atoms with Crippen LogP contribution in [0.25, 0.3) is 0 Å². The Labute approximate surface area is 130 Å². The van der Waals surface area contributed by atoms with Crippen LogP contribution >= 0.6 is 0 Å². The van der Waals surface area contributed by atoms with Gasteiger partial charge in [0.2, 0.25) is 0 Å². The molecule has 0 spiro atoms. The highest BCUT2D eigenvalue weighted by molar-refractivity contribution is 5.32. The van der Waals surface area contributed by atoms with Crippen LogP contribution in [-0.2, 0) is 11.2 Å². The number of fused-ring (bicyclic) bond motifs is 1. The van der Waals surface area contributed by atoms with Crippen LogP contribution in [0, 0.1) is 0 Å². The molecule has 0 fully saturated rings. The van der Waals surface area contributed by atoms with Crippen molar-refractivity contribution in [2.75, 3.05) is 19.8 Å². The third-order valence-electron chi connectivity index (χ3n) is 4.51. The van der Waals surface area contributed by atoms with Gasteiger partial charge in [0, 0.05) is 19.3 Å². The number of ether oxygens (including phenoxy) is 1. The van der Waals surface area contributed by atoms with Gasteiger partial charge in [-0.15, -0.1) is 0 Å². The normalized spacial score (nSPS) is 19.2. The molecular formula is C19H31NO. The van der Waals surface area contributed by atoms with E-state index in [-0.39, 0.29) is 0 Å². The van der Waals surface area contributed by atoms with Gasteiger partial charge in [0.1, 0.15) is 0 Å².